The number of aryl methyl sites for hydroxylation is 2. The summed E-state index contributed by atoms with van der Waals surface area (Å²) in [5, 5.41) is 11.1. The Labute approximate surface area is 163 Å². The van der Waals surface area contributed by atoms with Gasteiger partial charge in [-0.05, 0) is 41.8 Å². The molecule has 0 saturated carbocycles. The average Bonchev–Trinajstić information content (AvgIpc) is 3.10. The third kappa shape index (κ3) is 3.57. The molecule has 0 spiro atoms. The number of hydrogen-bond donors (Lipinski definition) is 2. The molecule has 0 atom stereocenters. The number of anilines is 2. The maximum Gasteiger partial charge on any atom is 0.323 e. The number of amides is 2. The summed E-state index contributed by atoms with van der Waals surface area (Å²) in [7, 11) is 1.90. The molecule has 140 valence electrons. The summed E-state index contributed by atoms with van der Waals surface area (Å²) < 4.78 is 1.81. The molecule has 0 aliphatic heterocycles. The molecule has 6 nitrogen and oxygen atoms in total. The van der Waals surface area contributed by atoms with Crippen molar-refractivity contribution in [2.75, 3.05) is 10.6 Å². The van der Waals surface area contributed by atoms with Gasteiger partial charge in [-0.25, -0.2) is 4.79 Å². The van der Waals surface area contributed by atoms with E-state index in [9.17, 15) is 4.79 Å². The molecule has 2 amide bonds. The van der Waals surface area contributed by atoms with Crippen LogP contribution in [0, 0.1) is 0 Å². The molecule has 0 bridgehead atoms. The lowest BCUT2D eigenvalue weighted by Gasteiger charge is -2.10. The van der Waals surface area contributed by atoms with E-state index in [0.29, 0.717) is 0 Å². The van der Waals surface area contributed by atoms with Gasteiger partial charge < -0.3 is 10.6 Å². The second-order valence-corrected chi connectivity index (χ2v) is 6.60. The van der Waals surface area contributed by atoms with Crippen molar-refractivity contribution < 1.29 is 4.79 Å². The van der Waals surface area contributed by atoms with Crippen LogP contribution in [-0.4, -0.2) is 20.8 Å². The van der Waals surface area contributed by atoms with Crippen molar-refractivity contribution in [3.8, 4) is 11.1 Å². The van der Waals surface area contributed by atoms with Gasteiger partial charge in [0.2, 0.25) is 0 Å². The Balaban J connectivity index is 1.49. The zero-order valence-corrected chi connectivity index (χ0v) is 15.8. The maximum absolute atomic E-state index is 12.3. The number of carbonyl (C=O) groups is 1. The van der Waals surface area contributed by atoms with Crippen LogP contribution in [0.4, 0.5) is 16.2 Å². The summed E-state index contributed by atoms with van der Waals surface area (Å²) in [5.41, 5.74) is 5.70. The van der Waals surface area contributed by atoms with E-state index in [2.05, 4.69) is 27.6 Å². The van der Waals surface area contributed by atoms with Gasteiger partial charge in [0.15, 0.2) is 0 Å². The van der Waals surface area contributed by atoms with Crippen LogP contribution in [0.1, 0.15) is 12.5 Å². The highest BCUT2D eigenvalue weighted by atomic mass is 16.2. The average molecular weight is 371 g/mol. The van der Waals surface area contributed by atoms with Crippen molar-refractivity contribution in [2.45, 2.75) is 13.3 Å². The van der Waals surface area contributed by atoms with E-state index in [1.54, 1.807) is 10.9 Å². The molecule has 0 fully saturated rings. The molecule has 6 heteroatoms. The molecule has 28 heavy (non-hydrogen) atoms. The number of nitrogens with zero attached hydrogens (tertiary/aromatic N) is 3. The summed E-state index contributed by atoms with van der Waals surface area (Å²) in [5.74, 6) is 0. The molecule has 0 saturated heterocycles. The van der Waals surface area contributed by atoms with E-state index >= 15 is 0 Å². The number of benzene rings is 2. The van der Waals surface area contributed by atoms with Gasteiger partial charge in [0, 0.05) is 35.6 Å². The number of carbonyl (C=O) groups excluding carboxylic acids is 1. The number of pyridine rings is 1. The minimum absolute atomic E-state index is 0.267. The number of aromatic nitrogens is 3. The van der Waals surface area contributed by atoms with Crippen LogP contribution in [0.25, 0.3) is 22.0 Å². The summed E-state index contributed by atoms with van der Waals surface area (Å²) in [4.78, 5) is 16.6. The third-order valence-electron chi connectivity index (χ3n) is 4.72. The van der Waals surface area contributed by atoms with Gasteiger partial charge in [0.05, 0.1) is 17.9 Å². The van der Waals surface area contributed by atoms with Gasteiger partial charge in [-0.2, -0.15) is 5.10 Å². The van der Waals surface area contributed by atoms with Crippen molar-refractivity contribution in [2.24, 2.45) is 7.05 Å². The molecule has 0 radical (unpaired) electrons. The summed E-state index contributed by atoms with van der Waals surface area (Å²) in [6.07, 6.45) is 6.41. The van der Waals surface area contributed by atoms with Gasteiger partial charge in [-0.15, -0.1) is 0 Å². The highest BCUT2D eigenvalue weighted by molar-refractivity contribution is 6.00. The highest BCUT2D eigenvalue weighted by Crippen LogP contribution is 2.28. The molecule has 4 rings (SSSR count). The largest absolute Gasteiger partial charge is 0.323 e. The first-order chi connectivity index (χ1) is 13.6. The Morgan fingerprint density at radius 3 is 2.57 bits per heavy atom. The fourth-order valence-electron chi connectivity index (χ4n) is 3.19. The van der Waals surface area contributed by atoms with Gasteiger partial charge in [-0.1, -0.05) is 31.2 Å². The Morgan fingerprint density at radius 1 is 1.00 bits per heavy atom. The molecule has 2 heterocycles. The van der Waals surface area contributed by atoms with E-state index in [1.807, 2.05) is 68.0 Å². The SMILES string of the molecule is CCc1cccc(NC(=O)Nc2ccc(-c3cncc4c3cnn4C)cc2)c1. The fraction of sp³-hybridized carbons (Fsp3) is 0.136. The number of hydrogen-bond acceptors (Lipinski definition) is 3. The van der Waals surface area contributed by atoms with Crippen LogP contribution < -0.4 is 10.6 Å². The van der Waals surface area contributed by atoms with Crippen LogP contribution in [0.5, 0.6) is 0 Å². The van der Waals surface area contributed by atoms with Crippen molar-refractivity contribution in [1.29, 1.82) is 0 Å². The molecule has 0 aliphatic rings. The number of rotatable bonds is 4. The van der Waals surface area contributed by atoms with Crippen molar-refractivity contribution >= 4 is 28.3 Å². The first-order valence-electron chi connectivity index (χ1n) is 9.17. The zero-order valence-electron chi connectivity index (χ0n) is 15.8. The predicted molar refractivity (Wildman–Crippen MR) is 112 cm³/mol. The maximum atomic E-state index is 12.3. The molecule has 0 aliphatic carbocycles. The minimum atomic E-state index is -0.267. The van der Waals surface area contributed by atoms with Gasteiger partial charge in [-0.3, -0.25) is 9.67 Å². The summed E-state index contributed by atoms with van der Waals surface area (Å²) in [6, 6.07) is 15.3. The van der Waals surface area contributed by atoms with Crippen molar-refractivity contribution in [3.05, 3.63) is 72.7 Å². The zero-order chi connectivity index (χ0) is 19.5. The van der Waals surface area contributed by atoms with E-state index in [1.165, 1.54) is 5.56 Å². The Kier molecular flexibility index (Phi) is 4.76. The lowest BCUT2D eigenvalue weighted by molar-refractivity contribution is 0.262. The van der Waals surface area contributed by atoms with Crippen molar-refractivity contribution in [1.82, 2.24) is 14.8 Å². The van der Waals surface area contributed by atoms with E-state index in [0.717, 1.165) is 39.8 Å². The monoisotopic (exact) mass is 371 g/mol. The topological polar surface area (TPSA) is 71.8 Å². The van der Waals surface area contributed by atoms with Crippen LogP contribution in [0.2, 0.25) is 0 Å². The molecule has 2 aromatic carbocycles. The lowest BCUT2D eigenvalue weighted by Crippen LogP contribution is -2.19. The Bertz CT molecular complexity index is 1130. The number of fused-ring (bicyclic) bond motifs is 1. The van der Waals surface area contributed by atoms with E-state index < -0.39 is 0 Å². The molecular formula is C22H21N5O. The van der Waals surface area contributed by atoms with Gasteiger partial charge >= 0.3 is 6.03 Å². The third-order valence-corrected chi connectivity index (χ3v) is 4.72. The van der Waals surface area contributed by atoms with E-state index in [-0.39, 0.29) is 6.03 Å². The summed E-state index contributed by atoms with van der Waals surface area (Å²) in [6.45, 7) is 2.09. The normalized spacial score (nSPS) is 10.8. The molecule has 2 aromatic heterocycles. The molecular weight excluding hydrogens is 350 g/mol. The first-order valence-corrected chi connectivity index (χ1v) is 9.17. The molecule has 2 N–H and O–H groups in total. The smallest absolute Gasteiger partial charge is 0.308 e. The number of urea groups is 1. The second kappa shape index (κ2) is 7.52. The Morgan fingerprint density at radius 2 is 1.79 bits per heavy atom. The Hall–Kier alpha value is -3.67. The van der Waals surface area contributed by atoms with Crippen LogP contribution in [0.3, 0.4) is 0 Å². The number of nitrogens with one attached hydrogen (secondary N) is 2. The first kappa shape index (κ1) is 17.7. The molecule has 0 unspecified atom stereocenters. The lowest BCUT2D eigenvalue weighted by atomic mass is 10.0. The van der Waals surface area contributed by atoms with Crippen molar-refractivity contribution in [3.63, 3.8) is 0 Å². The van der Waals surface area contributed by atoms with Crippen LogP contribution in [0.15, 0.2) is 67.1 Å². The minimum Gasteiger partial charge on any atom is -0.308 e. The predicted octanol–water partition coefficient (Wildman–Crippen LogP) is 4.84. The quantitative estimate of drug-likeness (QED) is 0.539. The standard InChI is InChI=1S/C22H21N5O/c1-3-15-5-4-6-18(11-15)26-22(28)25-17-9-7-16(8-10-17)19-12-23-14-21-20(19)13-24-27(21)2/h4-14H,3H2,1-2H3,(H2,25,26,28). The highest BCUT2D eigenvalue weighted by Gasteiger charge is 2.09. The van der Waals surface area contributed by atoms with Crippen LogP contribution >= 0.6 is 0 Å². The summed E-state index contributed by atoms with van der Waals surface area (Å²) >= 11 is 0. The fourth-order valence-corrected chi connectivity index (χ4v) is 3.19. The van der Waals surface area contributed by atoms with Gasteiger partial charge in [0.25, 0.3) is 0 Å². The van der Waals surface area contributed by atoms with Gasteiger partial charge in [0.1, 0.15) is 0 Å². The second-order valence-electron chi connectivity index (χ2n) is 6.60. The van der Waals surface area contributed by atoms with Crippen LogP contribution in [-0.2, 0) is 13.5 Å². The van der Waals surface area contributed by atoms with E-state index in [4.69, 9.17) is 0 Å². The molecule has 4 aromatic rings.